The van der Waals surface area contributed by atoms with E-state index >= 15 is 0 Å². The Morgan fingerprint density at radius 1 is 1.35 bits per heavy atom. The van der Waals surface area contributed by atoms with Gasteiger partial charge in [-0.05, 0) is 39.7 Å². The molecule has 1 amide bonds. The van der Waals surface area contributed by atoms with E-state index in [0.29, 0.717) is 16.7 Å². The van der Waals surface area contributed by atoms with E-state index in [1.165, 1.54) is 4.90 Å². The first kappa shape index (κ1) is 16.9. The number of para-hydroxylation sites is 1. The van der Waals surface area contributed by atoms with Gasteiger partial charge in [0.05, 0.1) is 11.3 Å². The van der Waals surface area contributed by atoms with Gasteiger partial charge in [0, 0.05) is 39.4 Å². The molecule has 1 saturated heterocycles. The van der Waals surface area contributed by atoms with E-state index in [1.54, 1.807) is 12.1 Å². The SMILES string of the molecule is O=C1CC(CS(=O)(=O)Cl)CN1c1nc(Cl)nc2c(Br)cccc12. The van der Waals surface area contributed by atoms with Gasteiger partial charge >= 0.3 is 0 Å². The van der Waals surface area contributed by atoms with E-state index < -0.39 is 9.05 Å². The Labute approximate surface area is 150 Å². The van der Waals surface area contributed by atoms with Crippen molar-refractivity contribution in [2.45, 2.75) is 6.42 Å². The minimum atomic E-state index is -3.67. The second-order valence-corrected chi connectivity index (χ2v) is 9.25. The molecule has 0 bridgehead atoms. The normalized spacial score (nSPS) is 18.8. The lowest BCUT2D eigenvalue weighted by Gasteiger charge is -2.18. The summed E-state index contributed by atoms with van der Waals surface area (Å²) in [6.07, 6.45) is 0.100. The summed E-state index contributed by atoms with van der Waals surface area (Å²) in [5, 5.41) is 0.673. The first-order valence-corrected chi connectivity index (χ1v) is 10.2. The van der Waals surface area contributed by atoms with Gasteiger partial charge in [0.1, 0.15) is 5.82 Å². The standard InChI is InChI=1S/C13H10BrCl2N3O3S/c14-9-3-1-2-8-11(9)17-13(15)18-12(8)19-5-7(4-10(19)20)6-23(16,21)22/h1-3,7H,4-6H2. The van der Waals surface area contributed by atoms with Crippen LogP contribution in [0.25, 0.3) is 10.9 Å². The highest BCUT2D eigenvalue weighted by molar-refractivity contribution is 9.10. The molecular formula is C13H10BrCl2N3O3S. The summed E-state index contributed by atoms with van der Waals surface area (Å²) in [6, 6.07) is 5.39. The first-order chi connectivity index (χ1) is 10.7. The van der Waals surface area contributed by atoms with Gasteiger partial charge in [0.15, 0.2) is 0 Å². The van der Waals surface area contributed by atoms with E-state index in [1.807, 2.05) is 6.07 Å². The zero-order valence-electron chi connectivity index (χ0n) is 11.5. The smallest absolute Gasteiger partial charge is 0.232 e. The molecule has 1 aromatic carbocycles. The van der Waals surface area contributed by atoms with E-state index in [-0.39, 0.29) is 35.8 Å². The summed E-state index contributed by atoms with van der Waals surface area (Å²) in [5.41, 5.74) is 0.587. The van der Waals surface area contributed by atoms with E-state index in [2.05, 4.69) is 25.9 Å². The summed E-state index contributed by atoms with van der Waals surface area (Å²) in [7, 11) is 1.62. The van der Waals surface area contributed by atoms with Gasteiger partial charge < -0.3 is 0 Å². The lowest BCUT2D eigenvalue weighted by Crippen LogP contribution is -2.26. The van der Waals surface area contributed by atoms with Gasteiger partial charge in [-0.3, -0.25) is 9.69 Å². The molecule has 1 aliphatic heterocycles. The van der Waals surface area contributed by atoms with Crippen LogP contribution in [0, 0.1) is 5.92 Å². The number of fused-ring (bicyclic) bond motifs is 1. The fourth-order valence-corrected chi connectivity index (χ4v) is 4.60. The van der Waals surface area contributed by atoms with Crippen molar-refractivity contribution >= 4 is 69.9 Å². The number of hydrogen-bond acceptors (Lipinski definition) is 5. The summed E-state index contributed by atoms with van der Waals surface area (Å²) in [5.74, 6) is -0.467. The fourth-order valence-electron chi connectivity index (χ4n) is 2.66. The molecule has 1 atom stereocenters. The number of nitrogens with zero attached hydrogens (tertiary/aromatic N) is 3. The van der Waals surface area contributed by atoms with Crippen molar-refractivity contribution in [2.75, 3.05) is 17.2 Å². The second kappa shape index (κ2) is 6.16. The summed E-state index contributed by atoms with van der Waals surface area (Å²) in [4.78, 5) is 22.0. The van der Waals surface area contributed by atoms with Crippen LogP contribution in [0.1, 0.15) is 6.42 Å². The number of rotatable bonds is 3. The summed E-state index contributed by atoms with van der Waals surface area (Å²) in [6.45, 7) is 0.222. The Hall–Kier alpha value is -0.960. The third-order valence-corrected chi connectivity index (χ3v) is 5.58. The number of carbonyl (C=O) groups excluding carboxylic acids is 1. The van der Waals surface area contributed by atoms with Gasteiger partial charge in [-0.1, -0.05) is 6.07 Å². The van der Waals surface area contributed by atoms with Crippen LogP contribution in [0.5, 0.6) is 0 Å². The molecule has 23 heavy (non-hydrogen) atoms. The highest BCUT2D eigenvalue weighted by Crippen LogP contribution is 2.33. The highest BCUT2D eigenvalue weighted by Gasteiger charge is 2.35. The van der Waals surface area contributed by atoms with Crippen molar-refractivity contribution in [3.8, 4) is 0 Å². The second-order valence-electron chi connectivity index (χ2n) is 5.23. The van der Waals surface area contributed by atoms with Gasteiger partial charge in [0.25, 0.3) is 0 Å². The molecule has 1 aliphatic rings. The molecule has 1 aromatic heterocycles. The van der Waals surface area contributed by atoms with Crippen molar-refractivity contribution in [3.63, 3.8) is 0 Å². The molecule has 6 nitrogen and oxygen atoms in total. The van der Waals surface area contributed by atoms with E-state index in [9.17, 15) is 13.2 Å². The molecule has 0 N–H and O–H groups in total. The molecule has 10 heteroatoms. The highest BCUT2D eigenvalue weighted by atomic mass is 79.9. The van der Waals surface area contributed by atoms with Crippen molar-refractivity contribution in [2.24, 2.45) is 5.92 Å². The molecule has 3 rings (SSSR count). The number of hydrogen-bond donors (Lipinski definition) is 0. The van der Waals surface area contributed by atoms with Crippen LogP contribution in [-0.2, 0) is 13.8 Å². The zero-order chi connectivity index (χ0) is 16.8. The first-order valence-electron chi connectivity index (χ1n) is 6.59. The average Bonchev–Trinajstić information content (AvgIpc) is 2.77. The monoisotopic (exact) mass is 437 g/mol. The Kier molecular flexibility index (Phi) is 4.52. The third kappa shape index (κ3) is 3.60. The Morgan fingerprint density at radius 2 is 2.09 bits per heavy atom. The summed E-state index contributed by atoms with van der Waals surface area (Å²) >= 11 is 9.36. The Bertz CT molecular complexity index is 907. The molecule has 1 fully saturated rings. The van der Waals surface area contributed by atoms with E-state index in [0.717, 1.165) is 4.47 Å². The molecule has 0 spiro atoms. The minimum Gasteiger partial charge on any atom is -0.296 e. The Morgan fingerprint density at radius 3 is 2.78 bits per heavy atom. The van der Waals surface area contributed by atoms with Crippen molar-refractivity contribution in [1.29, 1.82) is 0 Å². The molecule has 122 valence electrons. The Balaban J connectivity index is 2.04. The van der Waals surface area contributed by atoms with Crippen LogP contribution in [-0.4, -0.2) is 36.6 Å². The predicted molar refractivity (Wildman–Crippen MR) is 92.3 cm³/mol. The van der Waals surface area contributed by atoms with Crippen LogP contribution < -0.4 is 4.90 Å². The van der Waals surface area contributed by atoms with Gasteiger partial charge in [-0.25, -0.2) is 13.4 Å². The molecule has 2 heterocycles. The molecule has 0 aliphatic carbocycles. The number of benzene rings is 1. The molecule has 0 saturated carbocycles. The lowest BCUT2D eigenvalue weighted by molar-refractivity contribution is -0.117. The zero-order valence-corrected chi connectivity index (χ0v) is 15.5. The number of anilines is 1. The quantitative estimate of drug-likeness (QED) is 0.543. The van der Waals surface area contributed by atoms with Crippen molar-refractivity contribution in [1.82, 2.24) is 9.97 Å². The van der Waals surface area contributed by atoms with Gasteiger partial charge in [-0.2, -0.15) is 4.98 Å². The maximum Gasteiger partial charge on any atom is 0.232 e. The maximum absolute atomic E-state index is 12.3. The molecule has 2 aromatic rings. The number of halogens is 3. The van der Waals surface area contributed by atoms with E-state index in [4.69, 9.17) is 22.3 Å². The van der Waals surface area contributed by atoms with Crippen LogP contribution in [0.15, 0.2) is 22.7 Å². The van der Waals surface area contributed by atoms with Crippen LogP contribution in [0.3, 0.4) is 0 Å². The topological polar surface area (TPSA) is 80.2 Å². The number of carbonyl (C=O) groups is 1. The lowest BCUT2D eigenvalue weighted by atomic mass is 10.1. The number of aromatic nitrogens is 2. The molecule has 1 unspecified atom stereocenters. The average molecular weight is 439 g/mol. The van der Waals surface area contributed by atoms with Gasteiger partial charge in [0.2, 0.25) is 20.2 Å². The predicted octanol–water partition coefficient (Wildman–Crippen LogP) is 2.97. The third-order valence-electron chi connectivity index (χ3n) is 3.53. The fraction of sp³-hybridized carbons (Fsp3) is 0.308. The van der Waals surface area contributed by atoms with Crippen molar-refractivity contribution in [3.05, 3.63) is 28.0 Å². The largest absolute Gasteiger partial charge is 0.296 e. The molecular weight excluding hydrogens is 429 g/mol. The minimum absolute atomic E-state index is 0.0145. The molecule has 0 radical (unpaired) electrons. The van der Waals surface area contributed by atoms with Crippen LogP contribution in [0.2, 0.25) is 5.28 Å². The van der Waals surface area contributed by atoms with Crippen molar-refractivity contribution < 1.29 is 13.2 Å². The maximum atomic E-state index is 12.3. The summed E-state index contributed by atoms with van der Waals surface area (Å²) < 4.78 is 23.2. The number of amides is 1. The van der Waals surface area contributed by atoms with Gasteiger partial charge in [-0.15, -0.1) is 0 Å². The van der Waals surface area contributed by atoms with Crippen LogP contribution >= 0.6 is 38.2 Å². The van der Waals surface area contributed by atoms with Crippen LogP contribution in [0.4, 0.5) is 5.82 Å².